The lowest BCUT2D eigenvalue weighted by molar-refractivity contribution is 0.197. The largest absolute Gasteiger partial charge is 0.497 e. The molecular formula is C17H26N2O2. The van der Waals surface area contributed by atoms with E-state index in [4.69, 9.17) is 4.74 Å². The van der Waals surface area contributed by atoms with Crippen molar-refractivity contribution in [2.75, 3.05) is 26.7 Å². The average Bonchev–Trinajstić information content (AvgIpc) is 2.79. The van der Waals surface area contributed by atoms with Gasteiger partial charge < -0.3 is 15.0 Å². The SMILES string of the molecule is CCCNC(=O)N1CCCCC(c2ccc(OC)cc2)C1. The number of amides is 2. The van der Waals surface area contributed by atoms with Gasteiger partial charge in [-0.3, -0.25) is 0 Å². The molecule has 0 spiro atoms. The van der Waals surface area contributed by atoms with Gasteiger partial charge in [-0.2, -0.15) is 0 Å². The standard InChI is InChI=1S/C17H26N2O2/c1-3-11-18-17(20)19-12-5-4-6-15(13-19)14-7-9-16(21-2)10-8-14/h7-10,15H,3-6,11-13H2,1-2H3,(H,18,20). The Hall–Kier alpha value is -1.71. The summed E-state index contributed by atoms with van der Waals surface area (Å²) >= 11 is 0. The van der Waals surface area contributed by atoms with Crippen molar-refractivity contribution in [3.8, 4) is 5.75 Å². The molecule has 0 aliphatic carbocycles. The Balaban J connectivity index is 2.02. The highest BCUT2D eigenvalue weighted by molar-refractivity contribution is 5.74. The van der Waals surface area contributed by atoms with Crippen molar-refractivity contribution in [3.05, 3.63) is 29.8 Å². The second-order valence-electron chi connectivity index (χ2n) is 5.64. The first kappa shape index (κ1) is 15.7. The molecule has 2 amide bonds. The molecule has 2 rings (SSSR count). The van der Waals surface area contributed by atoms with E-state index in [0.29, 0.717) is 5.92 Å². The molecule has 1 N–H and O–H groups in total. The van der Waals surface area contributed by atoms with Crippen LogP contribution in [0.5, 0.6) is 5.75 Å². The van der Waals surface area contributed by atoms with Gasteiger partial charge in [-0.05, 0) is 37.0 Å². The van der Waals surface area contributed by atoms with Crippen molar-refractivity contribution in [2.45, 2.75) is 38.5 Å². The Morgan fingerprint density at radius 2 is 2.10 bits per heavy atom. The highest BCUT2D eigenvalue weighted by Gasteiger charge is 2.22. The van der Waals surface area contributed by atoms with Crippen LogP contribution >= 0.6 is 0 Å². The van der Waals surface area contributed by atoms with E-state index in [0.717, 1.165) is 44.6 Å². The van der Waals surface area contributed by atoms with Crippen molar-refractivity contribution >= 4 is 6.03 Å². The van der Waals surface area contributed by atoms with Gasteiger partial charge in [-0.15, -0.1) is 0 Å². The third-order valence-corrected chi connectivity index (χ3v) is 4.07. The Labute approximate surface area is 127 Å². The third-order valence-electron chi connectivity index (χ3n) is 4.07. The maximum absolute atomic E-state index is 12.2. The van der Waals surface area contributed by atoms with E-state index in [-0.39, 0.29) is 6.03 Å². The Bertz CT molecular complexity index is 445. The van der Waals surface area contributed by atoms with Gasteiger partial charge in [0, 0.05) is 25.6 Å². The summed E-state index contributed by atoms with van der Waals surface area (Å²) < 4.78 is 5.21. The summed E-state index contributed by atoms with van der Waals surface area (Å²) in [6, 6.07) is 8.33. The molecule has 1 unspecified atom stereocenters. The summed E-state index contributed by atoms with van der Waals surface area (Å²) in [7, 11) is 1.68. The highest BCUT2D eigenvalue weighted by atomic mass is 16.5. The fraction of sp³-hybridized carbons (Fsp3) is 0.588. The van der Waals surface area contributed by atoms with Crippen LogP contribution < -0.4 is 10.1 Å². The Morgan fingerprint density at radius 1 is 1.33 bits per heavy atom. The topological polar surface area (TPSA) is 41.6 Å². The molecule has 1 aromatic carbocycles. The molecule has 1 aromatic rings. The van der Waals surface area contributed by atoms with Gasteiger partial charge in [-0.25, -0.2) is 4.79 Å². The van der Waals surface area contributed by atoms with E-state index in [9.17, 15) is 4.79 Å². The van der Waals surface area contributed by atoms with E-state index in [1.807, 2.05) is 17.0 Å². The molecular weight excluding hydrogens is 264 g/mol. The number of methoxy groups -OCH3 is 1. The second-order valence-corrected chi connectivity index (χ2v) is 5.64. The summed E-state index contributed by atoms with van der Waals surface area (Å²) in [5.41, 5.74) is 1.30. The number of hydrogen-bond acceptors (Lipinski definition) is 2. The lowest BCUT2D eigenvalue weighted by Crippen LogP contribution is -2.42. The summed E-state index contributed by atoms with van der Waals surface area (Å²) in [6.07, 6.45) is 4.38. The smallest absolute Gasteiger partial charge is 0.317 e. The number of carbonyl (C=O) groups excluding carboxylic acids is 1. The zero-order valence-corrected chi connectivity index (χ0v) is 13.1. The summed E-state index contributed by atoms with van der Waals surface area (Å²) in [5, 5.41) is 2.99. The van der Waals surface area contributed by atoms with Crippen molar-refractivity contribution in [2.24, 2.45) is 0 Å². The van der Waals surface area contributed by atoms with Crippen LogP contribution in [-0.2, 0) is 0 Å². The number of carbonyl (C=O) groups is 1. The normalized spacial score (nSPS) is 19.0. The van der Waals surface area contributed by atoms with Crippen LogP contribution in [0.4, 0.5) is 4.79 Å². The average molecular weight is 290 g/mol. The van der Waals surface area contributed by atoms with Crippen molar-refractivity contribution < 1.29 is 9.53 Å². The minimum Gasteiger partial charge on any atom is -0.497 e. The van der Waals surface area contributed by atoms with E-state index < -0.39 is 0 Å². The number of nitrogens with zero attached hydrogens (tertiary/aromatic N) is 1. The predicted molar refractivity (Wildman–Crippen MR) is 84.8 cm³/mol. The maximum Gasteiger partial charge on any atom is 0.317 e. The van der Waals surface area contributed by atoms with Gasteiger partial charge in [0.25, 0.3) is 0 Å². The van der Waals surface area contributed by atoms with E-state index in [2.05, 4.69) is 24.4 Å². The highest BCUT2D eigenvalue weighted by Crippen LogP contribution is 2.27. The number of urea groups is 1. The molecule has 0 saturated carbocycles. The van der Waals surface area contributed by atoms with Crippen LogP contribution in [0.3, 0.4) is 0 Å². The molecule has 1 atom stereocenters. The van der Waals surface area contributed by atoms with E-state index in [1.54, 1.807) is 7.11 Å². The molecule has 1 saturated heterocycles. The quantitative estimate of drug-likeness (QED) is 0.923. The minimum absolute atomic E-state index is 0.0808. The van der Waals surface area contributed by atoms with Crippen molar-refractivity contribution in [3.63, 3.8) is 0 Å². The summed E-state index contributed by atoms with van der Waals surface area (Å²) in [5.74, 6) is 1.30. The van der Waals surface area contributed by atoms with Crippen LogP contribution in [0.25, 0.3) is 0 Å². The van der Waals surface area contributed by atoms with E-state index in [1.165, 1.54) is 12.0 Å². The van der Waals surface area contributed by atoms with Crippen LogP contribution in [-0.4, -0.2) is 37.7 Å². The van der Waals surface area contributed by atoms with Crippen LogP contribution in [0.2, 0.25) is 0 Å². The zero-order valence-electron chi connectivity index (χ0n) is 13.1. The third kappa shape index (κ3) is 4.38. The molecule has 21 heavy (non-hydrogen) atoms. The molecule has 1 heterocycles. The Morgan fingerprint density at radius 3 is 2.76 bits per heavy atom. The first-order chi connectivity index (χ1) is 10.2. The number of ether oxygens (including phenoxy) is 1. The summed E-state index contributed by atoms with van der Waals surface area (Å²) in [6.45, 7) is 4.50. The molecule has 4 nitrogen and oxygen atoms in total. The molecule has 4 heteroatoms. The van der Waals surface area contributed by atoms with Gasteiger partial charge >= 0.3 is 6.03 Å². The fourth-order valence-corrected chi connectivity index (χ4v) is 2.82. The van der Waals surface area contributed by atoms with Gasteiger partial charge in [0.05, 0.1) is 7.11 Å². The van der Waals surface area contributed by atoms with Crippen molar-refractivity contribution in [1.82, 2.24) is 10.2 Å². The van der Waals surface area contributed by atoms with Gasteiger partial charge in [0.2, 0.25) is 0 Å². The second kappa shape index (κ2) is 7.91. The van der Waals surface area contributed by atoms with Crippen LogP contribution in [0.1, 0.15) is 44.1 Å². The molecule has 1 fully saturated rings. The maximum atomic E-state index is 12.2. The Kier molecular flexibility index (Phi) is 5.90. The molecule has 116 valence electrons. The molecule has 1 aliphatic rings. The monoisotopic (exact) mass is 290 g/mol. The number of benzene rings is 1. The molecule has 0 radical (unpaired) electrons. The lowest BCUT2D eigenvalue weighted by atomic mass is 9.94. The lowest BCUT2D eigenvalue weighted by Gasteiger charge is -2.25. The van der Waals surface area contributed by atoms with E-state index >= 15 is 0 Å². The van der Waals surface area contributed by atoms with Crippen molar-refractivity contribution in [1.29, 1.82) is 0 Å². The van der Waals surface area contributed by atoms with Gasteiger partial charge in [0.15, 0.2) is 0 Å². The predicted octanol–water partition coefficient (Wildman–Crippen LogP) is 3.38. The minimum atomic E-state index is 0.0808. The number of likely N-dealkylation sites (tertiary alicyclic amines) is 1. The molecule has 0 aromatic heterocycles. The number of rotatable bonds is 4. The first-order valence-electron chi connectivity index (χ1n) is 7.91. The van der Waals surface area contributed by atoms with Crippen LogP contribution in [0, 0.1) is 0 Å². The molecule has 1 aliphatic heterocycles. The molecule has 0 bridgehead atoms. The zero-order chi connectivity index (χ0) is 15.1. The fourth-order valence-electron chi connectivity index (χ4n) is 2.82. The van der Waals surface area contributed by atoms with Crippen LogP contribution in [0.15, 0.2) is 24.3 Å². The number of hydrogen-bond donors (Lipinski definition) is 1. The van der Waals surface area contributed by atoms with Gasteiger partial charge in [-0.1, -0.05) is 25.5 Å². The first-order valence-corrected chi connectivity index (χ1v) is 7.91. The summed E-state index contributed by atoms with van der Waals surface area (Å²) in [4.78, 5) is 14.2. The number of nitrogens with one attached hydrogen (secondary N) is 1. The van der Waals surface area contributed by atoms with Gasteiger partial charge in [0.1, 0.15) is 5.75 Å².